The molecular formula is C23H20ClF3N2O3S. The predicted octanol–water partition coefficient (Wildman–Crippen LogP) is 5.50. The van der Waals surface area contributed by atoms with E-state index in [9.17, 15) is 26.4 Å². The molecule has 0 radical (unpaired) electrons. The zero-order valence-electron chi connectivity index (χ0n) is 17.4. The van der Waals surface area contributed by atoms with Gasteiger partial charge in [0.2, 0.25) is 15.9 Å². The maximum absolute atomic E-state index is 13.3. The van der Waals surface area contributed by atoms with Crippen molar-refractivity contribution < 1.29 is 26.4 Å². The standard InChI is InChI=1S/C23H20ClF3N2O3S/c1-16-3-2-4-17(13-16)14-29(33(31,32)21-11-7-19(24)8-12-21)15-22(30)28-20-9-5-18(6-10-20)23(25,26)27/h2-13H,14-15H2,1H3,(H,28,30). The van der Waals surface area contributed by atoms with Crippen LogP contribution in [-0.2, 0) is 27.5 Å². The van der Waals surface area contributed by atoms with Gasteiger partial charge in [0.1, 0.15) is 0 Å². The fourth-order valence-electron chi connectivity index (χ4n) is 3.10. The van der Waals surface area contributed by atoms with Crippen molar-refractivity contribution >= 4 is 33.2 Å². The van der Waals surface area contributed by atoms with Crippen LogP contribution in [0.5, 0.6) is 0 Å². The number of alkyl halides is 3. The summed E-state index contributed by atoms with van der Waals surface area (Å²) in [7, 11) is -4.08. The minimum Gasteiger partial charge on any atom is -0.325 e. The Morgan fingerprint density at radius 1 is 1.00 bits per heavy atom. The Bertz CT molecular complexity index is 1230. The molecular weight excluding hydrogens is 477 g/mol. The van der Waals surface area contributed by atoms with Crippen molar-refractivity contribution in [1.29, 1.82) is 0 Å². The van der Waals surface area contributed by atoms with E-state index in [0.29, 0.717) is 10.6 Å². The molecule has 0 aliphatic carbocycles. The molecule has 33 heavy (non-hydrogen) atoms. The highest BCUT2D eigenvalue weighted by molar-refractivity contribution is 7.89. The SMILES string of the molecule is Cc1cccc(CN(CC(=O)Nc2ccc(C(F)(F)F)cc2)S(=O)(=O)c2ccc(Cl)cc2)c1. The lowest BCUT2D eigenvalue weighted by Crippen LogP contribution is -2.37. The summed E-state index contributed by atoms with van der Waals surface area (Å²) in [4.78, 5) is 12.6. The summed E-state index contributed by atoms with van der Waals surface area (Å²) in [6, 6.07) is 16.6. The van der Waals surface area contributed by atoms with Crippen molar-refractivity contribution in [3.8, 4) is 0 Å². The lowest BCUT2D eigenvalue weighted by molar-refractivity contribution is -0.137. The molecule has 10 heteroatoms. The number of benzene rings is 3. The Kier molecular flexibility index (Phi) is 7.46. The number of hydrogen-bond acceptors (Lipinski definition) is 3. The molecule has 0 spiro atoms. The number of nitrogens with one attached hydrogen (secondary N) is 1. The molecule has 5 nitrogen and oxygen atoms in total. The first kappa shape index (κ1) is 24.8. The van der Waals surface area contributed by atoms with Gasteiger partial charge in [-0.2, -0.15) is 17.5 Å². The second kappa shape index (κ2) is 9.94. The fraction of sp³-hybridized carbons (Fsp3) is 0.174. The van der Waals surface area contributed by atoms with Crippen molar-refractivity contribution in [1.82, 2.24) is 4.31 Å². The highest BCUT2D eigenvalue weighted by Gasteiger charge is 2.30. The van der Waals surface area contributed by atoms with E-state index >= 15 is 0 Å². The second-order valence-corrected chi connectivity index (χ2v) is 9.71. The highest BCUT2D eigenvalue weighted by atomic mass is 35.5. The number of aryl methyl sites for hydroxylation is 1. The number of rotatable bonds is 7. The van der Waals surface area contributed by atoms with E-state index in [1.807, 2.05) is 13.0 Å². The van der Waals surface area contributed by atoms with Crippen molar-refractivity contribution in [3.63, 3.8) is 0 Å². The van der Waals surface area contributed by atoms with Crippen molar-refractivity contribution in [2.45, 2.75) is 24.5 Å². The van der Waals surface area contributed by atoms with Crippen LogP contribution in [0.25, 0.3) is 0 Å². The highest BCUT2D eigenvalue weighted by Crippen LogP contribution is 2.30. The fourth-order valence-corrected chi connectivity index (χ4v) is 4.61. The zero-order chi connectivity index (χ0) is 24.2. The van der Waals surface area contributed by atoms with Crippen molar-refractivity contribution in [2.24, 2.45) is 0 Å². The molecule has 0 saturated heterocycles. The maximum Gasteiger partial charge on any atom is 0.416 e. The summed E-state index contributed by atoms with van der Waals surface area (Å²) in [6.45, 7) is 1.24. The number of nitrogens with zero attached hydrogens (tertiary/aromatic N) is 1. The third kappa shape index (κ3) is 6.56. The Morgan fingerprint density at radius 3 is 2.21 bits per heavy atom. The Hall–Kier alpha value is -2.88. The molecule has 0 unspecified atom stereocenters. The minimum absolute atomic E-state index is 0.0399. The number of anilines is 1. The van der Waals surface area contributed by atoms with Gasteiger partial charge in [0.25, 0.3) is 0 Å². The average Bonchev–Trinajstić information content (AvgIpc) is 2.73. The summed E-state index contributed by atoms with van der Waals surface area (Å²) < 4.78 is 65.7. The third-order valence-corrected chi connectivity index (χ3v) is 6.77. The molecule has 3 aromatic rings. The summed E-state index contributed by atoms with van der Waals surface area (Å²) in [5, 5.41) is 2.81. The average molecular weight is 497 g/mol. The van der Waals surface area contributed by atoms with E-state index < -0.39 is 34.2 Å². The maximum atomic E-state index is 13.3. The van der Waals surface area contributed by atoms with Crippen LogP contribution < -0.4 is 5.32 Å². The minimum atomic E-state index is -4.50. The van der Waals surface area contributed by atoms with Gasteiger partial charge >= 0.3 is 6.18 Å². The first-order valence-corrected chi connectivity index (χ1v) is 11.6. The predicted molar refractivity (Wildman–Crippen MR) is 120 cm³/mol. The quantitative estimate of drug-likeness (QED) is 0.470. The molecule has 0 atom stereocenters. The number of halogens is 4. The van der Waals surface area contributed by atoms with Crippen LogP contribution in [-0.4, -0.2) is 25.2 Å². The molecule has 0 aliphatic rings. The molecule has 1 amide bonds. The topological polar surface area (TPSA) is 66.5 Å². The molecule has 1 N–H and O–H groups in total. The van der Waals surface area contributed by atoms with Crippen molar-refractivity contribution in [3.05, 3.63) is 94.5 Å². The van der Waals surface area contributed by atoms with Gasteiger partial charge in [0.05, 0.1) is 17.0 Å². The summed E-state index contributed by atoms with van der Waals surface area (Å²) >= 11 is 5.86. The molecule has 0 bridgehead atoms. The van der Waals surface area contributed by atoms with Gasteiger partial charge < -0.3 is 5.32 Å². The first-order valence-electron chi connectivity index (χ1n) is 9.73. The molecule has 0 aromatic heterocycles. The Balaban J connectivity index is 1.84. The smallest absolute Gasteiger partial charge is 0.325 e. The van der Waals surface area contributed by atoms with Gasteiger partial charge in [-0.05, 0) is 61.0 Å². The van der Waals surface area contributed by atoms with Crippen LogP contribution in [0.1, 0.15) is 16.7 Å². The Labute approximate surface area is 194 Å². The van der Waals surface area contributed by atoms with Crippen LogP contribution >= 0.6 is 11.6 Å². The number of amides is 1. The molecule has 0 saturated carbocycles. The van der Waals surface area contributed by atoms with E-state index in [1.165, 1.54) is 24.3 Å². The summed E-state index contributed by atoms with van der Waals surface area (Å²) in [5.74, 6) is -0.694. The van der Waals surface area contributed by atoms with Gasteiger partial charge in [-0.3, -0.25) is 4.79 Å². The molecule has 3 aromatic carbocycles. The molecule has 0 fully saturated rings. The molecule has 0 aliphatic heterocycles. The lowest BCUT2D eigenvalue weighted by atomic mass is 10.1. The number of sulfonamides is 1. The van der Waals surface area contributed by atoms with Gasteiger partial charge in [-0.25, -0.2) is 8.42 Å². The zero-order valence-corrected chi connectivity index (χ0v) is 19.0. The summed E-state index contributed by atoms with van der Waals surface area (Å²) in [5.41, 5.74) is 0.861. The monoisotopic (exact) mass is 496 g/mol. The van der Waals surface area contributed by atoms with E-state index in [-0.39, 0.29) is 17.1 Å². The van der Waals surface area contributed by atoms with Gasteiger partial charge in [0.15, 0.2) is 0 Å². The van der Waals surface area contributed by atoms with Crippen LogP contribution in [0.4, 0.5) is 18.9 Å². The van der Waals surface area contributed by atoms with Crippen LogP contribution in [0.2, 0.25) is 5.02 Å². The van der Waals surface area contributed by atoms with E-state index in [2.05, 4.69) is 5.32 Å². The number of hydrogen-bond donors (Lipinski definition) is 1. The third-order valence-electron chi connectivity index (χ3n) is 4.71. The van der Waals surface area contributed by atoms with Crippen molar-refractivity contribution in [2.75, 3.05) is 11.9 Å². The van der Waals surface area contributed by atoms with E-state index in [4.69, 9.17) is 11.6 Å². The van der Waals surface area contributed by atoms with Crippen LogP contribution in [0, 0.1) is 6.92 Å². The molecule has 174 valence electrons. The number of carbonyl (C=O) groups is 1. The van der Waals surface area contributed by atoms with E-state index in [1.54, 1.807) is 18.2 Å². The van der Waals surface area contributed by atoms with Gasteiger partial charge in [-0.1, -0.05) is 41.4 Å². The van der Waals surface area contributed by atoms with Gasteiger partial charge in [0, 0.05) is 17.3 Å². The van der Waals surface area contributed by atoms with Gasteiger partial charge in [-0.15, -0.1) is 0 Å². The second-order valence-electron chi connectivity index (χ2n) is 7.34. The summed E-state index contributed by atoms with van der Waals surface area (Å²) in [6.07, 6.45) is -4.50. The normalized spacial score (nSPS) is 12.1. The Morgan fingerprint density at radius 2 is 1.64 bits per heavy atom. The lowest BCUT2D eigenvalue weighted by Gasteiger charge is -2.22. The van der Waals surface area contributed by atoms with Crippen LogP contribution in [0.3, 0.4) is 0 Å². The number of carbonyl (C=O) groups excluding carboxylic acids is 1. The largest absolute Gasteiger partial charge is 0.416 e. The van der Waals surface area contributed by atoms with Crippen LogP contribution in [0.15, 0.2) is 77.7 Å². The first-order chi connectivity index (χ1) is 15.4. The molecule has 3 rings (SSSR count). The molecule has 0 heterocycles. The van der Waals surface area contributed by atoms with E-state index in [0.717, 1.165) is 34.1 Å².